The van der Waals surface area contributed by atoms with Crippen LogP contribution < -0.4 is 0 Å². The fourth-order valence-electron chi connectivity index (χ4n) is 8.87. The number of Topliss-reactive ketones (excluding diaryl/α,β-unsaturated/α-hetero) is 2. The first-order valence-electron chi connectivity index (χ1n) is 14.6. The van der Waals surface area contributed by atoms with Crippen LogP contribution >= 0.6 is 0 Å². The molecule has 1 fully saturated rings. The Labute approximate surface area is 241 Å². The number of hydrogen-bond donors (Lipinski definition) is 3. The quantitative estimate of drug-likeness (QED) is 0.388. The summed E-state index contributed by atoms with van der Waals surface area (Å²) in [5.41, 5.74) is -3.03. The fraction of sp³-hybridized carbons (Fsp3) is 0.719. The number of hydrogen-bond acceptors (Lipinski definition) is 8. The van der Waals surface area contributed by atoms with E-state index in [1.54, 1.807) is 20.8 Å². The minimum atomic E-state index is -1.43. The van der Waals surface area contributed by atoms with E-state index in [0.29, 0.717) is 29.6 Å². The minimum Gasteiger partial charge on any atom is -0.481 e. The molecule has 3 N–H and O–H groups in total. The molecule has 0 radical (unpaired) electrons. The third kappa shape index (κ3) is 4.29. The van der Waals surface area contributed by atoms with E-state index in [1.165, 1.54) is 19.9 Å². The number of ether oxygens (including phenoxy) is 1. The molecule has 9 atom stereocenters. The number of carbonyl (C=O) groups is 5. The van der Waals surface area contributed by atoms with Crippen LogP contribution in [0.4, 0.5) is 0 Å². The molecule has 0 heterocycles. The second kappa shape index (κ2) is 9.97. The lowest BCUT2D eigenvalue weighted by Gasteiger charge is -2.62. The molecule has 9 heteroatoms. The maximum absolute atomic E-state index is 14.6. The summed E-state index contributed by atoms with van der Waals surface area (Å²) in [6.07, 6.45) is -0.728. The summed E-state index contributed by atoms with van der Waals surface area (Å²) < 4.78 is 5.79. The van der Waals surface area contributed by atoms with Crippen LogP contribution in [0.1, 0.15) is 87.5 Å². The molecular formula is C32H44O9. The van der Waals surface area contributed by atoms with Gasteiger partial charge in [-0.05, 0) is 60.5 Å². The molecule has 0 saturated heterocycles. The molecule has 0 aromatic heterocycles. The van der Waals surface area contributed by atoms with Crippen molar-refractivity contribution in [2.24, 2.45) is 39.4 Å². The lowest BCUT2D eigenvalue weighted by Crippen LogP contribution is -2.65. The van der Waals surface area contributed by atoms with Crippen LogP contribution in [-0.2, 0) is 28.7 Å². The third-order valence-electron chi connectivity index (χ3n) is 11.4. The number of fused-ring (bicyclic) bond motifs is 4. The number of carbonyl (C=O) groups excluding carboxylic acids is 4. The second-order valence-electron chi connectivity index (χ2n) is 14.1. The molecule has 41 heavy (non-hydrogen) atoms. The predicted molar refractivity (Wildman–Crippen MR) is 148 cm³/mol. The van der Waals surface area contributed by atoms with Gasteiger partial charge in [0.2, 0.25) is 5.78 Å². The molecule has 9 nitrogen and oxygen atoms in total. The van der Waals surface area contributed by atoms with Crippen LogP contribution in [0.25, 0.3) is 0 Å². The lowest BCUT2D eigenvalue weighted by molar-refractivity contribution is -0.171. The van der Waals surface area contributed by atoms with E-state index in [-0.39, 0.29) is 36.7 Å². The van der Waals surface area contributed by atoms with Crippen molar-refractivity contribution in [2.45, 2.75) is 106 Å². The first kappa shape index (κ1) is 31.3. The number of esters is 1. The molecule has 0 aromatic rings. The smallest absolute Gasteiger partial charge is 0.306 e. The van der Waals surface area contributed by atoms with Crippen molar-refractivity contribution in [1.29, 1.82) is 0 Å². The van der Waals surface area contributed by atoms with Crippen molar-refractivity contribution in [2.75, 3.05) is 0 Å². The fourth-order valence-corrected chi connectivity index (χ4v) is 8.87. The average molecular weight is 573 g/mol. The second-order valence-corrected chi connectivity index (χ2v) is 14.1. The highest BCUT2D eigenvalue weighted by Gasteiger charge is 2.72. The highest BCUT2D eigenvalue weighted by Crippen LogP contribution is 2.69. The zero-order valence-corrected chi connectivity index (χ0v) is 25.4. The molecule has 0 amide bonds. The van der Waals surface area contributed by atoms with Gasteiger partial charge < -0.3 is 20.1 Å². The summed E-state index contributed by atoms with van der Waals surface area (Å²) in [6.45, 7) is 13.6. The minimum absolute atomic E-state index is 0.0519. The Bertz CT molecular complexity index is 1270. The first-order valence-corrected chi connectivity index (χ1v) is 14.6. The van der Waals surface area contributed by atoms with Gasteiger partial charge in [0.05, 0.1) is 29.0 Å². The number of ketones is 3. The molecule has 4 rings (SSSR count). The predicted octanol–water partition coefficient (Wildman–Crippen LogP) is 3.59. The number of rotatable bonds is 7. The number of allylic oxidation sites excluding steroid dienone is 1. The number of carboxylic acid groups (broad SMARTS) is 1. The van der Waals surface area contributed by atoms with Crippen LogP contribution in [0.3, 0.4) is 0 Å². The Balaban J connectivity index is 1.88. The lowest BCUT2D eigenvalue weighted by atomic mass is 9.42. The van der Waals surface area contributed by atoms with Crippen molar-refractivity contribution in [3.05, 3.63) is 22.8 Å². The van der Waals surface area contributed by atoms with Gasteiger partial charge in [-0.25, -0.2) is 0 Å². The van der Waals surface area contributed by atoms with Crippen molar-refractivity contribution >= 4 is 29.3 Å². The standard InChI is InChI=1S/C32H44O9/c1-15(11-18(34)12-16(2)28(39)40)19-13-23(37)32(8)24-20(35)14-21-29(4,5)22(36)9-10-30(21,6)25(24)26(38)27(31(19,32)7)41-17(3)33/h13,15-16,20-22,27,35-36H,9-12,14H2,1-8H3,(H,39,40)/t15-,16?,20+,21+,22+,27?,30+,31+,32+/m1/s1. The Morgan fingerprint density at radius 1 is 1.05 bits per heavy atom. The molecular weight excluding hydrogens is 528 g/mol. The van der Waals surface area contributed by atoms with E-state index in [2.05, 4.69) is 0 Å². The third-order valence-corrected chi connectivity index (χ3v) is 11.4. The van der Waals surface area contributed by atoms with E-state index in [0.717, 1.165) is 0 Å². The van der Waals surface area contributed by atoms with Gasteiger partial charge >= 0.3 is 11.9 Å². The summed E-state index contributed by atoms with van der Waals surface area (Å²) in [4.78, 5) is 65.3. The highest BCUT2D eigenvalue weighted by atomic mass is 16.5. The largest absolute Gasteiger partial charge is 0.481 e. The number of aliphatic hydroxyl groups is 2. The molecule has 1 saturated carbocycles. The summed E-state index contributed by atoms with van der Waals surface area (Å²) in [6, 6.07) is 0. The van der Waals surface area contributed by atoms with Crippen molar-refractivity contribution < 1.29 is 44.0 Å². The summed E-state index contributed by atoms with van der Waals surface area (Å²) >= 11 is 0. The van der Waals surface area contributed by atoms with Crippen molar-refractivity contribution in [3.63, 3.8) is 0 Å². The first-order chi connectivity index (χ1) is 18.8. The van der Waals surface area contributed by atoms with Crippen molar-refractivity contribution in [1.82, 2.24) is 0 Å². The number of carboxylic acids is 1. The van der Waals surface area contributed by atoms with Crippen molar-refractivity contribution in [3.8, 4) is 0 Å². The normalized spacial score (nSPS) is 39.2. The van der Waals surface area contributed by atoms with Gasteiger partial charge in [-0.3, -0.25) is 24.0 Å². The Hall–Kier alpha value is -2.65. The molecule has 226 valence electrons. The number of aliphatic carboxylic acids is 1. The average Bonchev–Trinajstić information content (AvgIpc) is 3.07. The molecule has 0 aromatic carbocycles. The highest BCUT2D eigenvalue weighted by molar-refractivity contribution is 6.12. The molecule has 4 aliphatic rings. The van der Waals surface area contributed by atoms with Gasteiger partial charge in [0.1, 0.15) is 5.78 Å². The number of aliphatic hydroxyl groups excluding tert-OH is 2. The Morgan fingerprint density at radius 3 is 2.22 bits per heavy atom. The van der Waals surface area contributed by atoms with E-state index < -0.39 is 69.5 Å². The van der Waals surface area contributed by atoms with Crippen LogP contribution in [0, 0.1) is 39.4 Å². The maximum Gasteiger partial charge on any atom is 0.306 e. The summed E-state index contributed by atoms with van der Waals surface area (Å²) in [5.74, 6) is -4.53. The zero-order chi connectivity index (χ0) is 31.0. The topological polar surface area (TPSA) is 155 Å². The van der Waals surface area contributed by atoms with E-state index in [9.17, 15) is 39.3 Å². The van der Waals surface area contributed by atoms with Gasteiger partial charge in [0, 0.05) is 25.3 Å². The van der Waals surface area contributed by atoms with E-state index in [4.69, 9.17) is 4.74 Å². The summed E-state index contributed by atoms with van der Waals surface area (Å²) in [7, 11) is 0. The van der Waals surface area contributed by atoms with Crippen LogP contribution in [0.15, 0.2) is 22.8 Å². The SMILES string of the molecule is CC(=O)OC1C(=O)C2=C([C@@H](O)C[C@H]3C(C)(C)[C@@H](O)CC[C@]23C)[C@]2(C)C(=O)C=C([C@H](C)CC(=O)CC(C)C(=O)O)[C@@]12C. The van der Waals surface area contributed by atoms with Gasteiger partial charge in [-0.15, -0.1) is 0 Å². The molecule has 4 aliphatic carbocycles. The maximum atomic E-state index is 14.6. The summed E-state index contributed by atoms with van der Waals surface area (Å²) in [5, 5.41) is 31.9. The molecule has 2 unspecified atom stereocenters. The van der Waals surface area contributed by atoms with Gasteiger partial charge in [-0.1, -0.05) is 47.1 Å². The van der Waals surface area contributed by atoms with Gasteiger partial charge in [-0.2, -0.15) is 0 Å². The molecule has 0 spiro atoms. The Morgan fingerprint density at radius 2 is 1.66 bits per heavy atom. The van der Waals surface area contributed by atoms with Gasteiger partial charge in [0.15, 0.2) is 11.9 Å². The zero-order valence-electron chi connectivity index (χ0n) is 25.4. The monoisotopic (exact) mass is 572 g/mol. The molecule has 0 aliphatic heterocycles. The Kier molecular flexibility index (Phi) is 7.61. The van der Waals surface area contributed by atoms with Crippen LogP contribution in [0.2, 0.25) is 0 Å². The van der Waals surface area contributed by atoms with Gasteiger partial charge in [0.25, 0.3) is 0 Å². The van der Waals surface area contributed by atoms with Crippen LogP contribution in [0.5, 0.6) is 0 Å². The van der Waals surface area contributed by atoms with Crippen LogP contribution in [-0.4, -0.2) is 62.9 Å². The van der Waals surface area contributed by atoms with E-state index in [1.807, 2.05) is 20.8 Å². The van der Waals surface area contributed by atoms with E-state index >= 15 is 0 Å². The molecule has 0 bridgehead atoms.